The van der Waals surface area contributed by atoms with Crippen LogP contribution in [0.2, 0.25) is 0 Å². The lowest BCUT2D eigenvalue weighted by molar-refractivity contribution is 0.0922. The van der Waals surface area contributed by atoms with Crippen LogP contribution in [0.3, 0.4) is 0 Å². The van der Waals surface area contributed by atoms with Crippen LogP contribution in [-0.2, 0) is 0 Å². The summed E-state index contributed by atoms with van der Waals surface area (Å²) in [7, 11) is 5.55. The summed E-state index contributed by atoms with van der Waals surface area (Å²) < 4.78 is 6.41. The summed E-state index contributed by atoms with van der Waals surface area (Å²) in [4.78, 5) is 17.5. The van der Waals surface area contributed by atoms with Gasteiger partial charge in [-0.25, -0.2) is 0 Å². The highest BCUT2D eigenvalue weighted by atomic mass is 127. The fourth-order valence-electron chi connectivity index (χ4n) is 2.97. The third-order valence-electron chi connectivity index (χ3n) is 4.39. The first kappa shape index (κ1) is 19.3. The fourth-order valence-corrected chi connectivity index (χ4v) is 3.71. The van der Waals surface area contributed by atoms with E-state index in [1.165, 1.54) is 0 Å². The molecule has 1 aromatic rings. The maximum atomic E-state index is 12.8. The molecule has 1 fully saturated rings. The van der Waals surface area contributed by atoms with Gasteiger partial charge in [-0.3, -0.25) is 4.79 Å². The molecule has 2 rings (SSSR count). The number of halogens is 1. The Morgan fingerprint density at radius 1 is 1.38 bits per heavy atom. The standard InChI is InChI=1S/C17H27IN4O2/c1-5-22-7-6-21(3)10-12(11-22)20-17(23)13-8-14(18)15(19-2)9-16(13)24-4/h8-9,12,19H,5-7,10-11H2,1-4H3,(H,20,23)/t12-/m1/s1. The zero-order valence-corrected chi connectivity index (χ0v) is 17.0. The summed E-state index contributed by atoms with van der Waals surface area (Å²) in [5.41, 5.74) is 1.53. The number of ether oxygens (including phenoxy) is 1. The van der Waals surface area contributed by atoms with Crippen LogP contribution in [0.15, 0.2) is 12.1 Å². The SMILES string of the molecule is CCN1CCN(C)C[C@@H](NC(=O)c2cc(I)c(NC)cc2OC)C1. The molecule has 1 aromatic carbocycles. The monoisotopic (exact) mass is 446 g/mol. The topological polar surface area (TPSA) is 56.8 Å². The van der Waals surface area contributed by atoms with Gasteiger partial charge in [0.2, 0.25) is 0 Å². The van der Waals surface area contributed by atoms with Gasteiger partial charge in [0.05, 0.1) is 24.4 Å². The van der Waals surface area contributed by atoms with E-state index in [0.29, 0.717) is 11.3 Å². The van der Waals surface area contributed by atoms with Crippen molar-refractivity contribution in [3.8, 4) is 5.75 Å². The van der Waals surface area contributed by atoms with E-state index < -0.39 is 0 Å². The first-order valence-corrected chi connectivity index (χ1v) is 9.33. The van der Waals surface area contributed by atoms with Crippen LogP contribution in [-0.4, -0.2) is 75.7 Å². The third-order valence-corrected chi connectivity index (χ3v) is 5.29. The van der Waals surface area contributed by atoms with Gasteiger partial charge in [0.15, 0.2) is 0 Å². The second kappa shape index (κ2) is 8.87. The quantitative estimate of drug-likeness (QED) is 0.675. The molecule has 0 radical (unpaired) electrons. The van der Waals surface area contributed by atoms with Crippen molar-refractivity contribution in [3.63, 3.8) is 0 Å². The van der Waals surface area contributed by atoms with Crippen LogP contribution in [0.25, 0.3) is 0 Å². The lowest BCUT2D eigenvalue weighted by atomic mass is 10.1. The molecule has 0 spiro atoms. The minimum atomic E-state index is -0.0798. The first-order chi connectivity index (χ1) is 11.5. The van der Waals surface area contributed by atoms with Crippen molar-refractivity contribution in [2.45, 2.75) is 13.0 Å². The molecule has 1 saturated heterocycles. The van der Waals surface area contributed by atoms with Crippen LogP contribution >= 0.6 is 22.6 Å². The molecule has 1 atom stereocenters. The Kier molecular flexibility index (Phi) is 7.12. The number of nitrogens with one attached hydrogen (secondary N) is 2. The van der Waals surface area contributed by atoms with Gasteiger partial charge in [-0.05, 0) is 42.2 Å². The second-order valence-corrected chi connectivity index (χ2v) is 7.27. The second-order valence-electron chi connectivity index (χ2n) is 6.11. The Hall–Kier alpha value is -1.06. The molecule has 1 aliphatic rings. The summed E-state index contributed by atoms with van der Waals surface area (Å²) in [6, 6.07) is 3.85. The highest BCUT2D eigenvalue weighted by molar-refractivity contribution is 14.1. The number of likely N-dealkylation sites (N-methyl/N-ethyl adjacent to an activating group) is 2. The van der Waals surface area contributed by atoms with Crippen molar-refractivity contribution < 1.29 is 9.53 Å². The molecule has 0 aromatic heterocycles. The summed E-state index contributed by atoms with van der Waals surface area (Å²) >= 11 is 2.23. The largest absolute Gasteiger partial charge is 0.496 e. The van der Waals surface area contributed by atoms with Gasteiger partial charge in [0, 0.05) is 42.9 Å². The van der Waals surface area contributed by atoms with Crippen LogP contribution in [0.1, 0.15) is 17.3 Å². The molecular weight excluding hydrogens is 419 g/mol. The Labute approximate surface area is 158 Å². The van der Waals surface area contributed by atoms with E-state index >= 15 is 0 Å². The Balaban J connectivity index is 2.17. The third kappa shape index (κ3) is 4.73. The fraction of sp³-hybridized carbons (Fsp3) is 0.588. The van der Waals surface area contributed by atoms with Gasteiger partial charge >= 0.3 is 0 Å². The highest BCUT2D eigenvalue weighted by Gasteiger charge is 2.23. The Morgan fingerprint density at radius 2 is 2.12 bits per heavy atom. The molecule has 2 N–H and O–H groups in total. The molecule has 134 valence electrons. The van der Waals surface area contributed by atoms with Crippen molar-refractivity contribution in [1.29, 1.82) is 0 Å². The lowest BCUT2D eigenvalue weighted by Gasteiger charge is -2.24. The van der Waals surface area contributed by atoms with E-state index in [4.69, 9.17) is 4.74 Å². The van der Waals surface area contributed by atoms with E-state index in [9.17, 15) is 4.79 Å². The van der Waals surface area contributed by atoms with Crippen LogP contribution in [0, 0.1) is 3.57 Å². The van der Waals surface area contributed by atoms with Gasteiger partial charge in [-0.2, -0.15) is 0 Å². The smallest absolute Gasteiger partial charge is 0.255 e. The predicted molar refractivity (Wildman–Crippen MR) is 106 cm³/mol. The molecule has 0 bridgehead atoms. The Morgan fingerprint density at radius 3 is 2.75 bits per heavy atom. The van der Waals surface area contributed by atoms with Gasteiger partial charge in [-0.1, -0.05) is 6.92 Å². The minimum Gasteiger partial charge on any atom is -0.496 e. The molecule has 0 unspecified atom stereocenters. The van der Waals surface area contributed by atoms with Crippen molar-refractivity contribution in [2.24, 2.45) is 0 Å². The van der Waals surface area contributed by atoms with Crippen molar-refractivity contribution >= 4 is 34.2 Å². The molecule has 0 saturated carbocycles. The number of nitrogens with zero attached hydrogens (tertiary/aromatic N) is 2. The Bertz CT molecular complexity index is 582. The number of benzene rings is 1. The van der Waals surface area contributed by atoms with E-state index in [1.807, 2.05) is 19.2 Å². The zero-order chi connectivity index (χ0) is 17.7. The first-order valence-electron chi connectivity index (χ1n) is 8.25. The predicted octanol–water partition coefficient (Wildman–Crippen LogP) is 1.71. The number of amides is 1. The molecule has 0 aliphatic carbocycles. The van der Waals surface area contributed by atoms with E-state index in [-0.39, 0.29) is 11.9 Å². The number of hydrogen-bond donors (Lipinski definition) is 2. The average molecular weight is 446 g/mol. The zero-order valence-electron chi connectivity index (χ0n) is 14.9. The van der Waals surface area contributed by atoms with Gasteiger partial charge in [0.1, 0.15) is 5.75 Å². The number of rotatable bonds is 5. The van der Waals surface area contributed by atoms with E-state index in [1.54, 1.807) is 7.11 Å². The number of carbonyl (C=O) groups excluding carboxylic acids is 1. The summed E-state index contributed by atoms with van der Waals surface area (Å²) in [6.45, 7) is 6.96. The maximum Gasteiger partial charge on any atom is 0.255 e. The van der Waals surface area contributed by atoms with E-state index in [0.717, 1.165) is 42.0 Å². The number of carbonyl (C=O) groups is 1. The normalized spacial score (nSPS) is 19.6. The van der Waals surface area contributed by atoms with Crippen molar-refractivity contribution in [3.05, 3.63) is 21.3 Å². The average Bonchev–Trinajstić information content (AvgIpc) is 2.75. The lowest BCUT2D eigenvalue weighted by Crippen LogP contribution is -2.46. The highest BCUT2D eigenvalue weighted by Crippen LogP contribution is 2.28. The summed E-state index contributed by atoms with van der Waals surface area (Å²) in [5, 5.41) is 6.30. The summed E-state index contributed by atoms with van der Waals surface area (Å²) in [5.74, 6) is 0.510. The number of anilines is 1. The molecular formula is C17H27IN4O2. The van der Waals surface area contributed by atoms with Crippen LogP contribution in [0.5, 0.6) is 5.75 Å². The van der Waals surface area contributed by atoms with Crippen molar-refractivity contribution in [1.82, 2.24) is 15.1 Å². The number of methoxy groups -OCH3 is 1. The summed E-state index contributed by atoms with van der Waals surface area (Å²) in [6.07, 6.45) is 0. The van der Waals surface area contributed by atoms with E-state index in [2.05, 4.69) is 57.0 Å². The van der Waals surface area contributed by atoms with Gasteiger partial charge < -0.3 is 25.2 Å². The van der Waals surface area contributed by atoms with Gasteiger partial charge in [-0.15, -0.1) is 0 Å². The van der Waals surface area contributed by atoms with Crippen molar-refractivity contribution in [2.75, 3.05) is 59.2 Å². The maximum absolute atomic E-state index is 12.8. The number of hydrogen-bond acceptors (Lipinski definition) is 5. The molecule has 6 nitrogen and oxygen atoms in total. The molecule has 1 aliphatic heterocycles. The molecule has 24 heavy (non-hydrogen) atoms. The minimum absolute atomic E-state index is 0.0798. The van der Waals surface area contributed by atoms with Crippen LogP contribution in [0.4, 0.5) is 5.69 Å². The van der Waals surface area contributed by atoms with Crippen LogP contribution < -0.4 is 15.4 Å². The van der Waals surface area contributed by atoms with Gasteiger partial charge in [0.25, 0.3) is 5.91 Å². The molecule has 7 heteroatoms. The molecule has 1 amide bonds. The molecule has 1 heterocycles.